The summed E-state index contributed by atoms with van der Waals surface area (Å²) in [5, 5.41) is 8.57. The van der Waals surface area contributed by atoms with Crippen molar-refractivity contribution in [2.45, 2.75) is 45.6 Å². The quantitative estimate of drug-likeness (QED) is 0.858. The van der Waals surface area contributed by atoms with Gasteiger partial charge >= 0.3 is 0 Å². The lowest BCUT2D eigenvalue weighted by Crippen LogP contribution is -2.52. The van der Waals surface area contributed by atoms with Crippen molar-refractivity contribution >= 4 is 36.4 Å². The molecule has 0 bridgehead atoms. The Morgan fingerprint density at radius 1 is 1.28 bits per heavy atom. The van der Waals surface area contributed by atoms with Gasteiger partial charge in [0.05, 0.1) is 6.04 Å². The van der Waals surface area contributed by atoms with Crippen molar-refractivity contribution in [3.05, 3.63) is 30.2 Å². The lowest BCUT2D eigenvalue weighted by Gasteiger charge is -2.36. The number of hydrogen-bond acceptors (Lipinski definition) is 4. The average Bonchev–Trinajstić information content (AvgIpc) is 2.97. The molecular formula is C17H27Cl2N5O. The second-order valence-corrected chi connectivity index (χ2v) is 7.45. The van der Waals surface area contributed by atoms with E-state index in [1.807, 2.05) is 54.5 Å². The largest absolute Gasteiger partial charge is 0.341 e. The molecule has 3 rings (SSSR count). The van der Waals surface area contributed by atoms with Crippen LogP contribution < -0.4 is 5.73 Å². The fourth-order valence-corrected chi connectivity index (χ4v) is 3.09. The van der Waals surface area contributed by atoms with Gasteiger partial charge in [-0.25, -0.2) is 0 Å². The molecule has 1 saturated heterocycles. The third-order valence-corrected chi connectivity index (χ3v) is 4.64. The first-order chi connectivity index (χ1) is 10.9. The molecule has 3 heterocycles. The molecule has 2 aromatic rings. The zero-order valence-electron chi connectivity index (χ0n) is 14.9. The van der Waals surface area contributed by atoms with E-state index in [0.717, 1.165) is 30.9 Å². The summed E-state index contributed by atoms with van der Waals surface area (Å²) in [6.07, 6.45) is 3.96. The predicted molar refractivity (Wildman–Crippen MR) is 103 cm³/mol. The van der Waals surface area contributed by atoms with Crippen molar-refractivity contribution in [3.63, 3.8) is 0 Å². The first kappa shape index (κ1) is 21.7. The van der Waals surface area contributed by atoms with Crippen LogP contribution in [0.4, 0.5) is 0 Å². The van der Waals surface area contributed by atoms with Gasteiger partial charge in [0.2, 0.25) is 5.91 Å². The highest BCUT2D eigenvalue weighted by atomic mass is 35.5. The molecule has 6 nitrogen and oxygen atoms in total. The molecule has 0 spiro atoms. The maximum atomic E-state index is 12.7. The predicted octanol–water partition coefficient (Wildman–Crippen LogP) is 2.65. The third-order valence-electron chi connectivity index (χ3n) is 4.64. The highest BCUT2D eigenvalue weighted by Gasteiger charge is 2.34. The van der Waals surface area contributed by atoms with E-state index >= 15 is 0 Å². The zero-order chi connectivity index (χ0) is 16.6. The van der Waals surface area contributed by atoms with Crippen LogP contribution >= 0.6 is 24.8 Å². The number of likely N-dealkylation sites (tertiary alicyclic amines) is 1. The number of carbonyl (C=O) groups is 1. The summed E-state index contributed by atoms with van der Waals surface area (Å²) in [5.74, 6) is 1.18. The Morgan fingerprint density at radius 3 is 2.68 bits per heavy atom. The van der Waals surface area contributed by atoms with E-state index in [-0.39, 0.29) is 42.1 Å². The van der Waals surface area contributed by atoms with E-state index in [2.05, 4.69) is 10.2 Å². The molecule has 1 aliphatic rings. The van der Waals surface area contributed by atoms with E-state index < -0.39 is 6.04 Å². The van der Waals surface area contributed by atoms with Gasteiger partial charge in [0.1, 0.15) is 5.82 Å². The molecule has 8 heteroatoms. The number of aromatic nitrogens is 3. The van der Waals surface area contributed by atoms with Crippen molar-refractivity contribution in [2.75, 3.05) is 13.1 Å². The lowest BCUT2D eigenvalue weighted by molar-refractivity contribution is -0.136. The van der Waals surface area contributed by atoms with Gasteiger partial charge in [-0.3, -0.25) is 9.20 Å². The number of nitrogens with two attached hydrogens (primary N) is 1. The van der Waals surface area contributed by atoms with Crippen LogP contribution in [0.25, 0.3) is 5.65 Å². The Kier molecular flexibility index (Phi) is 7.23. The van der Waals surface area contributed by atoms with E-state index in [9.17, 15) is 4.79 Å². The number of hydrogen-bond donors (Lipinski definition) is 1. The number of piperidine rings is 1. The summed E-state index contributed by atoms with van der Waals surface area (Å²) in [6, 6.07) is 5.39. The fraction of sp³-hybridized carbons (Fsp3) is 0.588. The summed E-state index contributed by atoms with van der Waals surface area (Å²) in [5.41, 5.74) is 6.77. The molecule has 0 aliphatic carbocycles. The highest BCUT2D eigenvalue weighted by Crippen LogP contribution is 2.28. The minimum atomic E-state index is -0.476. The van der Waals surface area contributed by atoms with E-state index in [1.165, 1.54) is 0 Å². The van der Waals surface area contributed by atoms with Gasteiger partial charge in [0.15, 0.2) is 5.65 Å². The van der Waals surface area contributed by atoms with E-state index in [0.29, 0.717) is 6.54 Å². The van der Waals surface area contributed by atoms with Crippen molar-refractivity contribution < 1.29 is 4.79 Å². The number of halogens is 2. The monoisotopic (exact) mass is 387 g/mol. The normalized spacial score (nSPS) is 19.0. The molecule has 1 unspecified atom stereocenters. The van der Waals surface area contributed by atoms with E-state index in [4.69, 9.17) is 5.73 Å². The van der Waals surface area contributed by atoms with Crippen LogP contribution in [0.1, 0.15) is 45.4 Å². The summed E-state index contributed by atoms with van der Waals surface area (Å²) < 4.78 is 2.02. The summed E-state index contributed by atoms with van der Waals surface area (Å²) in [6.45, 7) is 7.45. The average molecular weight is 388 g/mol. The Balaban J connectivity index is 0.00000156. The molecule has 2 N–H and O–H groups in total. The summed E-state index contributed by atoms with van der Waals surface area (Å²) in [7, 11) is 0. The smallest absolute Gasteiger partial charge is 0.240 e. The molecular weight excluding hydrogens is 361 g/mol. The Bertz CT molecular complexity index is 712. The number of pyridine rings is 1. The van der Waals surface area contributed by atoms with Gasteiger partial charge in [-0.15, -0.1) is 35.0 Å². The molecule has 0 radical (unpaired) electrons. The molecule has 1 fully saturated rings. The van der Waals surface area contributed by atoms with Gasteiger partial charge in [-0.05, 0) is 30.4 Å². The van der Waals surface area contributed by atoms with Crippen molar-refractivity contribution in [3.8, 4) is 0 Å². The van der Waals surface area contributed by atoms with Crippen molar-refractivity contribution in [1.82, 2.24) is 19.5 Å². The number of amides is 1. The Labute approximate surface area is 161 Å². The van der Waals surface area contributed by atoms with Gasteiger partial charge in [0, 0.05) is 25.2 Å². The Morgan fingerprint density at radius 2 is 2.00 bits per heavy atom. The first-order valence-corrected chi connectivity index (χ1v) is 8.22. The molecule has 1 aliphatic heterocycles. The number of fused-ring (bicyclic) bond motifs is 1. The fourth-order valence-electron chi connectivity index (χ4n) is 3.09. The minimum Gasteiger partial charge on any atom is -0.341 e. The first-order valence-electron chi connectivity index (χ1n) is 8.22. The molecule has 0 saturated carbocycles. The number of nitrogens with zero attached hydrogens (tertiary/aromatic N) is 4. The van der Waals surface area contributed by atoms with E-state index in [1.54, 1.807) is 0 Å². The maximum Gasteiger partial charge on any atom is 0.240 e. The minimum absolute atomic E-state index is 0. The molecule has 2 atom stereocenters. The van der Waals surface area contributed by atoms with Crippen molar-refractivity contribution in [1.29, 1.82) is 0 Å². The zero-order valence-corrected chi connectivity index (χ0v) is 16.5. The van der Waals surface area contributed by atoms with Gasteiger partial charge in [-0.1, -0.05) is 26.8 Å². The summed E-state index contributed by atoms with van der Waals surface area (Å²) in [4.78, 5) is 14.6. The molecule has 25 heavy (non-hydrogen) atoms. The Hall–Kier alpha value is -1.37. The molecule has 140 valence electrons. The van der Waals surface area contributed by atoms with Crippen LogP contribution in [0, 0.1) is 5.41 Å². The topological polar surface area (TPSA) is 76.5 Å². The standard InChI is InChI=1S/C17H25N5O.2ClH/c1-17(2,3)14(18)16(23)21-9-6-7-12(11-21)15-20-19-13-8-4-5-10-22(13)15;;/h4-5,8,10,12,14H,6-7,9,11,18H2,1-3H3;2*1H/t12?,14-;;/m1../s1. The van der Waals surface area contributed by atoms with Gasteiger partial charge < -0.3 is 10.6 Å². The number of carbonyl (C=O) groups excluding carboxylic acids is 1. The van der Waals surface area contributed by atoms with Crippen LogP contribution in [-0.2, 0) is 4.79 Å². The van der Waals surface area contributed by atoms with Crippen molar-refractivity contribution in [2.24, 2.45) is 11.1 Å². The highest BCUT2D eigenvalue weighted by molar-refractivity contribution is 5.85. The van der Waals surface area contributed by atoms with Gasteiger partial charge in [0.25, 0.3) is 0 Å². The molecule has 0 aromatic carbocycles. The molecule has 1 amide bonds. The van der Waals surface area contributed by atoms with Gasteiger partial charge in [-0.2, -0.15) is 0 Å². The lowest BCUT2D eigenvalue weighted by atomic mass is 9.85. The van der Waals surface area contributed by atoms with Crippen LogP contribution in [0.5, 0.6) is 0 Å². The molecule has 2 aromatic heterocycles. The van der Waals surface area contributed by atoms with Crippen LogP contribution in [0.3, 0.4) is 0 Å². The van der Waals surface area contributed by atoms with Crippen LogP contribution in [0.15, 0.2) is 24.4 Å². The second kappa shape index (κ2) is 8.34. The summed E-state index contributed by atoms with van der Waals surface area (Å²) >= 11 is 0. The van der Waals surface area contributed by atoms with Crippen LogP contribution in [-0.4, -0.2) is 44.5 Å². The second-order valence-electron chi connectivity index (χ2n) is 7.45. The number of rotatable bonds is 2. The van der Waals surface area contributed by atoms with Crippen LogP contribution in [0.2, 0.25) is 0 Å². The SMILES string of the molecule is CC(C)(C)[C@H](N)C(=O)N1CCCC(c2nnc3ccccn23)C1.Cl.Cl. The maximum absolute atomic E-state index is 12.7. The third kappa shape index (κ3) is 4.43.